The minimum absolute atomic E-state index is 0.739. The van der Waals surface area contributed by atoms with E-state index in [9.17, 15) is 0 Å². The topological polar surface area (TPSA) is 15.3 Å². The summed E-state index contributed by atoms with van der Waals surface area (Å²) in [6.07, 6.45) is 5.34. The van der Waals surface area contributed by atoms with E-state index in [-0.39, 0.29) is 0 Å². The van der Waals surface area contributed by atoms with Crippen LogP contribution in [0.2, 0.25) is 0 Å². The molecule has 0 saturated carbocycles. The van der Waals surface area contributed by atoms with Gasteiger partial charge in [-0.1, -0.05) is 41.5 Å². The molecule has 1 rings (SSSR count). The monoisotopic (exact) mass is 244 g/mol. The second-order valence-corrected chi connectivity index (χ2v) is 4.02. The van der Waals surface area contributed by atoms with Crippen LogP contribution < -0.4 is 5.32 Å². The Morgan fingerprint density at radius 1 is 0.941 bits per heavy atom. The van der Waals surface area contributed by atoms with Crippen molar-refractivity contribution in [3.63, 3.8) is 0 Å². The summed E-state index contributed by atoms with van der Waals surface area (Å²) < 4.78 is 0. The first kappa shape index (κ1) is 19.3. The molecule has 1 fully saturated rings. The Kier molecular flexibility index (Phi) is 18.0. The van der Waals surface area contributed by atoms with E-state index in [4.69, 9.17) is 0 Å². The molecular formula is C15H36N2. The van der Waals surface area contributed by atoms with Gasteiger partial charge in [0.15, 0.2) is 0 Å². The standard InChI is InChI=1S/C11H24N2.2C2H6/c1-3-11(4-2)12-7-10-13-8-5-6-9-13;2*1-2/h11-12H,3-10H2,1-2H3;2*1-2H3. The highest BCUT2D eigenvalue weighted by Gasteiger charge is 2.10. The van der Waals surface area contributed by atoms with Gasteiger partial charge in [-0.25, -0.2) is 0 Å². The van der Waals surface area contributed by atoms with Crippen molar-refractivity contribution in [3.8, 4) is 0 Å². The van der Waals surface area contributed by atoms with Crippen molar-refractivity contribution in [2.75, 3.05) is 26.2 Å². The second kappa shape index (κ2) is 15.9. The fourth-order valence-corrected chi connectivity index (χ4v) is 2.01. The van der Waals surface area contributed by atoms with Crippen LogP contribution in [0.25, 0.3) is 0 Å². The Balaban J connectivity index is 0. The third kappa shape index (κ3) is 10.8. The minimum atomic E-state index is 0.739. The van der Waals surface area contributed by atoms with Gasteiger partial charge in [-0.15, -0.1) is 0 Å². The molecule has 1 N–H and O–H groups in total. The van der Waals surface area contributed by atoms with E-state index in [2.05, 4.69) is 24.1 Å². The number of nitrogens with one attached hydrogen (secondary N) is 1. The molecule has 0 spiro atoms. The predicted octanol–water partition coefficient (Wildman–Crippen LogP) is 3.91. The fourth-order valence-electron chi connectivity index (χ4n) is 2.01. The number of hydrogen-bond acceptors (Lipinski definition) is 2. The van der Waals surface area contributed by atoms with Crippen LogP contribution in [-0.4, -0.2) is 37.1 Å². The normalized spacial score (nSPS) is 15.0. The summed E-state index contributed by atoms with van der Waals surface area (Å²) in [6.45, 7) is 17.6. The van der Waals surface area contributed by atoms with Gasteiger partial charge in [-0.3, -0.25) is 0 Å². The molecule has 0 radical (unpaired) electrons. The lowest BCUT2D eigenvalue weighted by atomic mass is 10.2. The van der Waals surface area contributed by atoms with Crippen LogP contribution in [0.5, 0.6) is 0 Å². The average Bonchev–Trinajstić information content (AvgIpc) is 2.93. The zero-order chi connectivity index (χ0) is 13.5. The van der Waals surface area contributed by atoms with E-state index in [1.807, 2.05) is 27.7 Å². The molecule has 0 aromatic rings. The van der Waals surface area contributed by atoms with Gasteiger partial charge in [0.05, 0.1) is 0 Å². The first-order chi connectivity index (χ1) is 8.36. The smallest absolute Gasteiger partial charge is 0.0107 e. The van der Waals surface area contributed by atoms with Crippen molar-refractivity contribution >= 4 is 0 Å². The molecule has 1 heterocycles. The van der Waals surface area contributed by atoms with E-state index in [1.54, 1.807) is 0 Å². The Labute approximate surface area is 110 Å². The van der Waals surface area contributed by atoms with E-state index in [0.717, 1.165) is 6.04 Å². The maximum atomic E-state index is 3.60. The maximum Gasteiger partial charge on any atom is 0.0107 e. The summed E-state index contributed by atoms with van der Waals surface area (Å²) in [6, 6.07) is 0.739. The molecule has 0 bridgehead atoms. The molecule has 0 amide bonds. The molecule has 1 aliphatic rings. The Morgan fingerprint density at radius 2 is 1.41 bits per heavy atom. The molecule has 17 heavy (non-hydrogen) atoms. The van der Waals surface area contributed by atoms with Crippen LogP contribution in [0.1, 0.15) is 67.2 Å². The van der Waals surface area contributed by atoms with Gasteiger partial charge in [0.2, 0.25) is 0 Å². The number of hydrogen-bond donors (Lipinski definition) is 1. The summed E-state index contributed by atoms with van der Waals surface area (Å²) in [5.41, 5.74) is 0. The summed E-state index contributed by atoms with van der Waals surface area (Å²) in [7, 11) is 0. The molecule has 1 aliphatic heterocycles. The summed E-state index contributed by atoms with van der Waals surface area (Å²) >= 11 is 0. The van der Waals surface area contributed by atoms with Crippen molar-refractivity contribution < 1.29 is 0 Å². The molecule has 1 saturated heterocycles. The third-order valence-electron chi connectivity index (χ3n) is 3.05. The lowest BCUT2D eigenvalue weighted by Crippen LogP contribution is -2.35. The minimum Gasteiger partial charge on any atom is -0.313 e. The van der Waals surface area contributed by atoms with Crippen LogP contribution in [0.15, 0.2) is 0 Å². The highest BCUT2D eigenvalue weighted by molar-refractivity contribution is 4.69. The van der Waals surface area contributed by atoms with E-state index in [1.165, 1.54) is 51.9 Å². The van der Waals surface area contributed by atoms with Crippen molar-refractivity contribution in [1.82, 2.24) is 10.2 Å². The molecule has 0 atom stereocenters. The molecule has 0 aromatic heterocycles. The van der Waals surface area contributed by atoms with Gasteiger partial charge in [-0.05, 0) is 38.8 Å². The Hall–Kier alpha value is -0.0800. The Morgan fingerprint density at radius 3 is 1.82 bits per heavy atom. The highest BCUT2D eigenvalue weighted by atomic mass is 15.2. The molecule has 0 aliphatic carbocycles. The van der Waals surface area contributed by atoms with Gasteiger partial charge in [0.1, 0.15) is 0 Å². The van der Waals surface area contributed by atoms with Crippen LogP contribution in [0, 0.1) is 0 Å². The highest BCUT2D eigenvalue weighted by Crippen LogP contribution is 2.05. The molecular weight excluding hydrogens is 208 g/mol. The van der Waals surface area contributed by atoms with Gasteiger partial charge in [0, 0.05) is 19.1 Å². The molecule has 0 unspecified atom stereocenters. The summed E-state index contributed by atoms with van der Waals surface area (Å²) in [5, 5.41) is 3.60. The lowest BCUT2D eigenvalue weighted by Gasteiger charge is -2.18. The van der Waals surface area contributed by atoms with E-state index >= 15 is 0 Å². The number of nitrogens with zero attached hydrogens (tertiary/aromatic N) is 1. The molecule has 2 heteroatoms. The largest absolute Gasteiger partial charge is 0.313 e. The zero-order valence-corrected chi connectivity index (χ0v) is 13.2. The van der Waals surface area contributed by atoms with Gasteiger partial charge >= 0.3 is 0 Å². The van der Waals surface area contributed by atoms with Crippen LogP contribution in [-0.2, 0) is 0 Å². The molecule has 2 nitrogen and oxygen atoms in total. The van der Waals surface area contributed by atoms with Gasteiger partial charge in [-0.2, -0.15) is 0 Å². The maximum absolute atomic E-state index is 3.60. The predicted molar refractivity (Wildman–Crippen MR) is 80.7 cm³/mol. The van der Waals surface area contributed by atoms with Crippen molar-refractivity contribution in [3.05, 3.63) is 0 Å². The summed E-state index contributed by atoms with van der Waals surface area (Å²) in [4.78, 5) is 2.56. The van der Waals surface area contributed by atoms with Gasteiger partial charge < -0.3 is 10.2 Å². The quantitative estimate of drug-likeness (QED) is 0.762. The number of likely N-dealkylation sites (tertiary alicyclic amines) is 1. The van der Waals surface area contributed by atoms with Crippen LogP contribution in [0.4, 0.5) is 0 Å². The third-order valence-corrected chi connectivity index (χ3v) is 3.05. The lowest BCUT2D eigenvalue weighted by molar-refractivity contribution is 0.324. The fraction of sp³-hybridized carbons (Fsp3) is 1.00. The van der Waals surface area contributed by atoms with Crippen molar-refractivity contribution in [2.45, 2.75) is 73.3 Å². The molecule has 0 aromatic carbocycles. The molecule has 106 valence electrons. The first-order valence-corrected chi connectivity index (χ1v) is 7.82. The van der Waals surface area contributed by atoms with E-state index < -0.39 is 0 Å². The summed E-state index contributed by atoms with van der Waals surface area (Å²) in [5.74, 6) is 0. The van der Waals surface area contributed by atoms with Gasteiger partial charge in [0.25, 0.3) is 0 Å². The second-order valence-electron chi connectivity index (χ2n) is 4.02. The SMILES string of the molecule is CC.CC.CCC(CC)NCCN1CCCC1. The first-order valence-electron chi connectivity index (χ1n) is 7.82. The van der Waals surface area contributed by atoms with Crippen LogP contribution >= 0.6 is 0 Å². The zero-order valence-electron chi connectivity index (χ0n) is 13.2. The van der Waals surface area contributed by atoms with Crippen LogP contribution in [0.3, 0.4) is 0 Å². The average molecular weight is 244 g/mol. The van der Waals surface area contributed by atoms with E-state index in [0.29, 0.717) is 0 Å². The van der Waals surface area contributed by atoms with Crippen molar-refractivity contribution in [1.29, 1.82) is 0 Å². The Bertz CT molecular complexity index is 114. The van der Waals surface area contributed by atoms with Crippen molar-refractivity contribution in [2.24, 2.45) is 0 Å². The number of rotatable bonds is 6.